The van der Waals surface area contributed by atoms with Crippen LogP contribution in [0.2, 0.25) is 0 Å². The van der Waals surface area contributed by atoms with Crippen LogP contribution in [0.4, 0.5) is 0 Å². The van der Waals surface area contributed by atoms with Gasteiger partial charge in [-0.15, -0.1) is 0 Å². The smallest absolute Gasteiger partial charge is 0.0728 e. The van der Waals surface area contributed by atoms with Crippen LogP contribution in [0.25, 0.3) is 0 Å². The standard InChI is InChI=1S/C14H25IO/c15-12-11-14(16)10-6-2-5-9-13-7-3-1-4-8-13/h11-14,16H,1-10H2. The summed E-state index contributed by atoms with van der Waals surface area (Å²) in [5.74, 6) is 1.02. The van der Waals surface area contributed by atoms with Crippen molar-refractivity contribution in [1.82, 2.24) is 0 Å². The molecule has 0 aromatic heterocycles. The topological polar surface area (TPSA) is 20.2 Å². The highest BCUT2D eigenvalue weighted by Gasteiger charge is 2.12. The van der Waals surface area contributed by atoms with Crippen molar-refractivity contribution < 1.29 is 5.11 Å². The Labute approximate surface area is 114 Å². The molecule has 1 rings (SSSR count). The van der Waals surface area contributed by atoms with Gasteiger partial charge in [-0.1, -0.05) is 86.5 Å². The molecule has 1 unspecified atom stereocenters. The SMILES string of the molecule is OC(C=CI)CCCCCC1CCCCC1. The average Bonchev–Trinajstić information content (AvgIpc) is 2.30. The summed E-state index contributed by atoms with van der Waals surface area (Å²) in [4.78, 5) is 0. The van der Waals surface area contributed by atoms with Crippen LogP contribution in [0.15, 0.2) is 10.2 Å². The Morgan fingerprint density at radius 3 is 2.56 bits per heavy atom. The van der Waals surface area contributed by atoms with Gasteiger partial charge in [0.25, 0.3) is 0 Å². The van der Waals surface area contributed by atoms with Crippen LogP contribution in [0, 0.1) is 5.92 Å². The fraction of sp³-hybridized carbons (Fsp3) is 0.857. The molecule has 0 aromatic rings. The molecule has 0 aliphatic heterocycles. The second kappa shape index (κ2) is 9.46. The third-order valence-electron chi connectivity index (χ3n) is 3.63. The molecule has 1 aliphatic rings. The third kappa shape index (κ3) is 6.89. The molecular formula is C14H25IO. The van der Waals surface area contributed by atoms with Crippen molar-refractivity contribution in [3.63, 3.8) is 0 Å². The van der Waals surface area contributed by atoms with E-state index in [4.69, 9.17) is 0 Å². The van der Waals surface area contributed by atoms with E-state index in [-0.39, 0.29) is 6.10 Å². The van der Waals surface area contributed by atoms with Gasteiger partial charge in [-0.05, 0) is 16.4 Å². The molecule has 0 aromatic carbocycles. The molecule has 1 aliphatic carbocycles. The number of aliphatic hydroxyl groups is 1. The Bertz CT molecular complexity index is 185. The number of hydrogen-bond donors (Lipinski definition) is 1. The number of hydrogen-bond acceptors (Lipinski definition) is 1. The van der Waals surface area contributed by atoms with Gasteiger partial charge in [0.05, 0.1) is 6.10 Å². The number of rotatable bonds is 7. The van der Waals surface area contributed by atoms with E-state index in [1.807, 2.05) is 10.2 Å². The van der Waals surface area contributed by atoms with Crippen LogP contribution >= 0.6 is 22.6 Å². The first kappa shape index (κ1) is 14.5. The van der Waals surface area contributed by atoms with Gasteiger partial charge in [0, 0.05) is 0 Å². The molecule has 1 saturated carbocycles. The molecule has 94 valence electrons. The zero-order chi connectivity index (χ0) is 11.6. The lowest BCUT2D eigenvalue weighted by Gasteiger charge is -2.21. The third-order valence-corrected chi connectivity index (χ3v) is 4.05. The van der Waals surface area contributed by atoms with Gasteiger partial charge >= 0.3 is 0 Å². The highest BCUT2D eigenvalue weighted by Crippen LogP contribution is 2.28. The molecule has 1 nitrogen and oxygen atoms in total. The van der Waals surface area contributed by atoms with Gasteiger partial charge in [-0.25, -0.2) is 0 Å². The summed E-state index contributed by atoms with van der Waals surface area (Å²) in [6.07, 6.45) is 15.2. The molecule has 1 atom stereocenters. The number of halogens is 1. The Hall–Kier alpha value is 0.430. The second-order valence-electron chi connectivity index (χ2n) is 5.03. The first-order valence-corrected chi connectivity index (χ1v) is 8.02. The van der Waals surface area contributed by atoms with Crippen LogP contribution < -0.4 is 0 Å². The predicted molar refractivity (Wildman–Crippen MR) is 78.8 cm³/mol. The van der Waals surface area contributed by atoms with E-state index in [0.29, 0.717) is 0 Å². The lowest BCUT2D eigenvalue weighted by molar-refractivity contribution is 0.207. The second-order valence-corrected chi connectivity index (χ2v) is 5.75. The number of unbranched alkanes of at least 4 members (excludes halogenated alkanes) is 2. The highest BCUT2D eigenvalue weighted by molar-refractivity contribution is 14.1. The maximum Gasteiger partial charge on any atom is 0.0728 e. The van der Waals surface area contributed by atoms with Crippen molar-refractivity contribution in [3.05, 3.63) is 10.2 Å². The Kier molecular flexibility index (Phi) is 8.57. The van der Waals surface area contributed by atoms with Gasteiger partial charge in [0.15, 0.2) is 0 Å². The fourth-order valence-electron chi connectivity index (χ4n) is 2.62. The molecule has 0 bridgehead atoms. The van der Waals surface area contributed by atoms with Crippen LogP contribution in [0.5, 0.6) is 0 Å². The largest absolute Gasteiger partial charge is 0.389 e. The minimum absolute atomic E-state index is 0.216. The number of aliphatic hydroxyl groups excluding tert-OH is 1. The summed E-state index contributed by atoms with van der Waals surface area (Å²) in [5, 5.41) is 9.51. The maximum absolute atomic E-state index is 9.51. The normalized spacial score (nSPS) is 20.4. The molecule has 0 spiro atoms. The average molecular weight is 336 g/mol. The molecule has 0 heterocycles. The molecule has 0 amide bonds. The van der Waals surface area contributed by atoms with Crippen LogP contribution in [-0.2, 0) is 0 Å². The Balaban J connectivity index is 1.91. The first-order chi connectivity index (χ1) is 7.83. The van der Waals surface area contributed by atoms with E-state index in [2.05, 4.69) is 22.6 Å². The molecule has 0 radical (unpaired) electrons. The van der Waals surface area contributed by atoms with Gasteiger partial charge in [-0.3, -0.25) is 0 Å². The summed E-state index contributed by atoms with van der Waals surface area (Å²) < 4.78 is 1.91. The molecule has 16 heavy (non-hydrogen) atoms. The lowest BCUT2D eigenvalue weighted by atomic mass is 9.85. The highest BCUT2D eigenvalue weighted by atomic mass is 127. The predicted octanol–water partition coefficient (Wildman–Crippen LogP) is 4.83. The van der Waals surface area contributed by atoms with Crippen molar-refractivity contribution in [2.45, 2.75) is 70.3 Å². The minimum Gasteiger partial charge on any atom is -0.389 e. The fourth-order valence-corrected chi connectivity index (χ4v) is 3.10. The van der Waals surface area contributed by atoms with Gasteiger partial charge in [0.2, 0.25) is 0 Å². The molecule has 1 fully saturated rings. The summed E-state index contributed by atoms with van der Waals surface area (Å²) in [6, 6.07) is 0. The zero-order valence-electron chi connectivity index (χ0n) is 10.2. The maximum atomic E-state index is 9.51. The van der Waals surface area contributed by atoms with Crippen molar-refractivity contribution in [2.24, 2.45) is 5.92 Å². The Morgan fingerprint density at radius 1 is 1.12 bits per heavy atom. The zero-order valence-corrected chi connectivity index (χ0v) is 12.4. The van der Waals surface area contributed by atoms with Gasteiger partial charge in [0.1, 0.15) is 0 Å². The summed E-state index contributed by atoms with van der Waals surface area (Å²) >= 11 is 2.16. The van der Waals surface area contributed by atoms with E-state index in [1.54, 1.807) is 0 Å². The summed E-state index contributed by atoms with van der Waals surface area (Å²) in [7, 11) is 0. The van der Waals surface area contributed by atoms with E-state index in [1.165, 1.54) is 57.8 Å². The van der Waals surface area contributed by atoms with Crippen molar-refractivity contribution in [1.29, 1.82) is 0 Å². The molecule has 2 heteroatoms. The van der Waals surface area contributed by atoms with Crippen LogP contribution in [0.3, 0.4) is 0 Å². The molecule has 1 N–H and O–H groups in total. The van der Waals surface area contributed by atoms with E-state index >= 15 is 0 Å². The van der Waals surface area contributed by atoms with E-state index in [0.717, 1.165) is 12.3 Å². The molecular weight excluding hydrogens is 311 g/mol. The van der Waals surface area contributed by atoms with Crippen molar-refractivity contribution >= 4 is 22.6 Å². The van der Waals surface area contributed by atoms with Crippen LogP contribution in [-0.4, -0.2) is 11.2 Å². The molecule has 0 saturated heterocycles. The van der Waals surface area contributed by atoms with E-state index < -0.39 is 0 Å². The quantitative estimate of drug-likeness (QED) is 0.522. The first-order valence-electron chi connectivity index (χ1n) is 6.78. The van der Waals surface area contributed by atoms with Gasteiger partial charge in [-0.2, -0.15) is 0 Å². The van der Waals surface area contributed by atoms with Crippen molar-refractivity contribution in [2.75, 3.05) is 0 Å². The van der Waals surface area contributed by atoms with Crippen molar-refractivity contribution in [3.8, 4) is 0 Å². The lowest BCUT2D eigenvalue weighted by Crippen LogP contribution is -2.06. The van der Waals surface area contributed by atoms with Gasteiger partial charge < -0.3 is 5.11 Å². The summed E-state index contributed by atoms with van der Waals surface area (Å²) in [6.45, 7) is 0. The monoisotopic (exact) mass is 336 g/mol. The Morgan fingerprint density at radius 2 is 1.88 bits per heavy atom. The minimum atomic E-state index is -0.216. The van der Waals surface area contributed by atoms with E-state index in [9.17, 15) is 5.11 Å². The summed E-state index contributed by atoms with van der Waals surface area (Å²) in [5.41, 5.74) is 0. The van der Waals surface area contributed by atoms with Crippen LogP contribution in [0.1, 0.15) is 64.2 Å².